The summed E-state index contributed by atoms with van der Waals surface area (Å²) >= 11 is 3.62. The Morgan fingerprint density at radius 3 is 3.00 bits per heavy atom. The van der Waals surface area contributed by atoms with Gasteiger partial charge in [-0.1, -0.05) is 15.9 Å². The number of anilines is 1. The number of nitrogens with zero attached hydrogens (tertiary/aromatic N) is 3. The Labute approximate surface area is 111 Å². The quantitative estimate of drug-likeness (QED) is 0.786. The van der Waals surface area contributed by atoms with Crippen LogP contribution in [0.2, 0.25) is 0 Å². The third kappa shape index (κ3) is 2.07. The summed E-state index contributed by atoms with van der Waals surface area (Å²) in [6, 6.07) is 0.621. The summed E-state index contributed by atoms with van der Waals surface area (Å²) in [5.41, 5.74) is 2.72. The average molecular weight is 296 g/mol. The van der Waals surface area contributed by atoms with E-state index < -0.39 is 0 Å². The molecule has 1 aliphatic carbocycles. The van der Waals surface area contributed by atoms with Crippen molar-refractivity contribution in [2.45, 2.75) is 44.6 Å². The molecule has 1 unspecified atom stereocenters. The van der Waals surface area contributed by atoms with Crippen molar-refractivity contribution in [1.29, 1.82) is 0 Å². The fourth-order valence-electron chi connectivity index (χ4n) is 3.03. The predicted octanol–water partition coefficient (Wildman–Crippen LogP) is 2.72. The van der Waals surface area contributed by atoms with Gasteiger partial charge in [0.15, 0.2) is 0 Å². The number of alkyl halides is 1. The van der Waals surface area contributed by atoms with Crippen LogP contribution in [0.1, 0.15) is 36.9 Å². The van der Waals surface area contributed by atoms with E-state index in [-0.39, 0.29) is 0 Å². The summed E-state index contributed by atoms with van der Waals surface area (Å²) in [5, 5.41) is 1.05. The largest absolute Gasteiger partial charge is 0.352 e. The van der Waals surface area contributed by atoms with Gasteiger partial charge in [-0.15, -0.1) is 0 Å². The molecule has 4 heteroatoms. The number of halogens is 1. The Bertz CT molecular complexity index is 408. The minimum atomic E-state index is 0.621. The van der Waals surface area contributed by atoms with Crippen LogP contribution in [-0.2, 0) is 12.8 Å². The monoisotopic (exact) mass is 295 g/mol. The van der Waals surface area contributed by atoms with Crippen LogP contribution in [0.3, 0.4) is 0 Å². The van der Waals surface area contributed by atoms with Crippen molar-refractivity contribution in [3.8, 4) is 0 Å². The molecule has 0 amide bonds. The van der Waals surface area contributed by atoms with Gasteiger partial charge in [0.1, 0.15) is 12.1 Å². The molecule has 2 heterocycles. The molecular formula is C13H18BrN3. The van der Waals surface area contributed by atoms with Crippen LogP contribution < -0.4 is 4.90 Å². The zero-order valence-corrected chi connectivity index (χ0v) is 11.6. The first kappa shape index (κ1) is 11.5. The van der Waals surface area contributed by atoms with Crippen LogP contribution in [-0.4, -0.2) is 27.9 Å². The van der Waals surface area contributed by atoms with E-state index in [4.69, 9.17) is 0 Å². The van der Waals surface area contributed by atoms with Crippen molar-refractivity contribution in [2.24, 2.45) is 0 Å². The lowest BCUT2D eigenvalue weighted by Gasteiger charge is -2.28. The molecule has 1 aromatic heterocycles. The minimum Gasteiger partial charge on any atom is -0.352 e. The molecule has 0 saturated carbocycles. The molecule has 0 radical (unpaired) electrons. The Hall–Kier alpha value is -0.640. The molecule has 1 atom stereocenters. The summed E-state index contributed by atoms with van der Waals surface area (Å²) in [4.78, 5) is 11.5. The van der Waals surface area contributed by atoms with Crippen LogP contribution in [0.4, 0.5) is 5.82 Å². The second kappa shape index (κ2) is 4.92. The van der Waals surface area contributed by atoms with E-state index in [1.165, 1.54) is 42.8 Å². The van der Waals surface area contributed by atoms with Gasteiger partial charge in [0.05, 0.1) is 0 Å². The fraction of sp³-hybridized carbons (Fsp3) is 0.692. The van der Waals surface area contributed by atoms with Crippen molar-refractivity contribution < 1.29 is 0 Å². The van der Waals surface area contributed by atoms with E-state index in [1.54, 1.807) is 6.33 Å². The first-order chi connectivity index (χ1) is 8.40. The van der Waals surface area contributed by atoms with Crippen molar-refractivity contribution in [1.82, 2.24) is 9.97 Å². The summed E-state index contributed by atoms with van der Waals surface area (Å²) < 4.78 is 0. The van der Waals surface area contributed by atoms with Crippen molar-refractivity contribution in [3.05, 3.63) is 17.6 Å². The second-order valence-electron chi connectivity index (χ2n) is 4.97. The maximum absolute atomic E-state index is 4.57. The van der Waals surface area contributed by atoms with Gasteiger partial charge in [0, 0.05) is 29.2 Å². The van der Waals surface area contributed by atoms with E-state index in [1.807, 2.05) is 0 Å². The fourth-order valence-corrected chi connectivity index (χ4v) is 3.70. The maximum atomic E-state index is 4.57. The maximum Gasteiger partial charge on any atom is 0.135 e. The number of hydrogen-bond donors (Lipinski definition) is 0. The SMILES string of the molecule is BrCC1CCCN1c1ncnc2c1CCCC2. The topological polar surface area (TPSA) is 29.0 Å². The third-order valence-electron chi connectivity index (χ3n) is 3.93. The number of fused-ring (bicyclic) bond motifs is 1. The van der Waals surface area contributed by atoms with Gasteiger partial charge in [0.25, 0.3) is 0 Å². The van der Waals surface area contributed by atoms with Crippen molar-refractivity contribution in [3.63, 3.8) is 0 Å². The van der Waals surface area contributed by atoms with Crippen molar-refractivity contribution >= 4 is 21.7 Å². The van der Waals surface area contributed by atoms with E-state index in [2.05, 4.69) is 30.8 Å². The Balaban J connectivity index is 1.97. The van der Waals surface area contributed by atoms with Gasteiger partial charge < -0.3 is 4.90 Å². The molecule has 1 aliphatic heterocycles. The molecule has 1 saturated heterocycles. The second-order valence-corrected chi connectivity index (χ2v) is 5.62. The highest BCUT2D eigenvalue weighted by Gasteiger charge is 2.28. The highest BCUT2D eigenvalue weighted by Crippen LogP contribution is 2.32. The highest BCUT2D eigenvalue weighted by molar-refractivity contribution is 9.09. The standard InChI is InChI=1S/C13H18BrN3/c14-8-10-4-3-7-17(10)13-11-5-1-2-6-12(11)15-9-16-13/h9-10H,1-8H2. The Morgan fingerprint density at radius 1 is 1.24 bits per heavy atom. The zero-order valence-electron chi connectivity index (χ0n) is 10.0. The summed E-state index contributed by atoms with van der Waals surface area (Å²) in [6.45, 7) is 1.15. The normalized spacial score (nSPS) is 23.8. The van der Waals surface area contributed by atoms with Gasteiger partial charge in [-0.3, -0.25) is 0 Å². The smallest absolute Gasteiger partial charge is 0.135 e. The van der Waals surface area contributed by atoms with Crippen LogP contribution in [0.15, 0.2) is 6.33 Å². The lowest BCUT2D eigenvalue weighted by atomic mass is 9.96. The molecule has 0 N–H and O–H groups in total. The van der Waals surface area contributed by atoms with E-state index in [9.17, 15) is 0 Å². The predicted molar refractivity (Wildman–Crippen MR) is 72.8 cm³/mol. The van der Waals surface area contributed by atoms with E-state index in [0.29, 0.717) is 6.04 Å². The molecule has 3 rings (SSSR count). The molecule has 17 heavy (non-hydrogen) atoms. The van der Waals surface area contributed by atoms with Crippen LogP contribution in [0.25, 0.3) is 0 Å². The van der Waals surface area contributed by atoms with Gasteiger partial charge in [-0.25, -0.2) is 9.97 Å². The third-order valence-corrected chi connectivity index (χ3v) is 4.68. The molecule has 92 valence electrons. The van der Waals surface area contributed by atoms with Crippen LogP contribution in [0, 0.1) is 0 Å². The van der Waals surface area contributed by atoms with Crippen molar-refractivity contribution in [2.75, 3.05) is 16.8 Å². The number of hydrogen-bond acceptors (Lipinski definition) is 3. The van der Waals surface area contributed by atoms with Gasteiger partial charge in [-0.05, 0) is 38.5 Å². The first-order valence-electron chi connectivity index (χ1n) is 6.55. The number of rotatable bonds is 2. The van der Waals surface area contributed by atoms with Gasteiger partial charge in [-0.2, -0.15) is 0 Å². The Morgan fingerprint density at radius 2 is 2.12 bits per heavy atom. The molecule has 2 aliphatic rings. The molecule has 0 bridgehead atoms. The minimum absolute atomic E-state index is 0.621. The zero-order chi connectivity index (χ0) is 11.7. The average Bonchev–Trinajstić information content (AvgIpc) is 2.86. The summed E-state index contributed by atoms with van der Waals surface area (Å²) in [7, 11) is 0. The molecular weight excluding hydrogens is 278 g/mol. The van der Waals surface area contributed by atoms with Gasteiger partial charge in [0.2, 0.25) is 0 Å². The van der Waals surface area contributed by atoms with Crippen LogP contribution in [0.5, 0.6) is 0 Å². The molecule has 3 nitrogen and oxygen atoms in total. The molecule has 1 fully saturated rings. The van der Waals surface area contributed by atoms with E-state index >= 15 is 0 Å². The number of aromatic nitrogens is 2. The van der Waals surface area contributed by atoms with Gasteiger partial charge >= 0.3 is 0 Å². The molecule has 0 spiro atoms. The summed E-state index contributed by atoms with van der Waals surface area (Å²) in [5.74, 6) is 1.22. The lowest BCUT2D eigenvalue weighted by Crippen LogP contribution is -2.32. The highest BCUT2D eigenvalue weighted by atomic mass is 79.9. The lowest BCUT2D eigenvalue weighted by molar-refractivity contribution is 0.651. The summed E-state index contributed by atoms with van der Waals surface area (Å²) in [6.07, 6.45) is 9.20. The first-order valence-corrected chi connectivity index (χ1v) is 7.67. The van der Waals surface area contributed by atoms with Crippen LogP contribution >= 0.6 is 15.9 Å². The Kier molecular flexibility index (Phi) is 3.32. The van der Waals surface area contributed by atoms with E-state index in [0.717, 1.165) is 24.7 Å². The molecule has 0 aromatic carbocycles. The molecule has 1 aromatic rings. The number of aryl methyl sites for hydroxylation is 1.